The van der Waals surface area contributed by atoms with Crippen molar-refractivity contribution in [3.8, 4) is 6.07 Å². The van der Waals surface area contributed by atoms with E-state index in [1.807, 2.05) is 30.3 Å². The zero-order chi connectivity index (χ0) is 15.9. The number of nitriles is 1. The van der Waals surface area contributed by atoms with E-state index in [9.17, 15) is 0 Å². The number of para-hydroxylation sites is 1. The summed E-state index contributed by atoms with van der Waals surface area (Å²) >= 11 is 0. The quantitative estimate of drug-likeness (QED) is 0.753. The molecule has 0 saturated heterocycles. The van der Waals surface area contributed by atoms with Gasteiger partial charge in [0.2, 0.25) is 5.95 Å². The Morgan fingerprint density at radius 1 is 1.04 bits per heavy atom. The van der Waals surface area contributed by atoms with Crippen molar-refractivity contribution in [1.82, 2.24) is 15.0 Å². The fourth-order valence-electron chi connectivity index (χ4n) is 2.02. The highest BCUT2D eigenvalue weighted by Crippen LogP contribution is 2.19. The minimum Gasteiger partial charge on any atom is -0.350 e. The van der Waals surface area contributed by atoms with Crippen molar-refractivity contribution in [3.05, 3.63) is 72.2 Å². The van der Waals surface area contributed by atoms with Crippen LogP contribution in [-0.2, 0) is 6.54 Å². The molecular formula is C17H14N6. The first-order valence-electron chi connectivity index (χ1n) is 7.07. The topological polar surface area (TPSA) is 86.5 Å². The number of rotatable bonds is 5. The minimum atomic E-state index is 0.508. The molecule has 0 spiro atoms. The molecule has 23 heavy (non-hydrogen) atoms. The van der Waals surface area contributed by atoms with Crippen LogP contribution in [0.1, 0.15) is 11.1 Å². The lowest BCUT2D eigenvalue weighted by Gasteiger charge is -2.09. The van der Waals surface area contributed by atoms with Crippen LogP contribution in [0.25, 0.3) is 0 Å². The predicted octanol–water partition coefficient (Wildman–Crippen LogP) is 3.10. The summed E-state index contributed by atoms with van der Waals surface area (Å²) in [6.45, 7) is 0.589. The van der Waals surface area contributed by atoms with E-state index in [0.717, 1.165) is 5.56 Å². The third-order valence-electron chi connectivity index (χ3n) is 3.14. The smallest absolute Gasteiger partial charge is 0.224 e. The van der Waals surface area contributed by atoms with E-state index in [0.29, 0.717) is 29.6 Å². The van der Waals surface area contributed by atoms with Crippen LogP contribution in [-0.4, -0.2) is 15.0 Å². The number of anilines is 3. The van der Waals surface area contributed by atoms with Gasteiger partial charge in [0.25, 0.3) is 0 Å². The lowest BCUT2D eigenvalue weighted by molar-refractivity contribution is 1.04. The van der Waals surface area contributed by atoms with Gasteiger partial charge in [0.05, 0.1) is 11.3 Å². The molecule has 0 atom stereocenters. The van der Waals surface area contributed by atoms with Crippen molar-refractivity contribution in [1.29, 1.82) is 5.26 Å². The second kappa shape index (κ2) is 7.00. The Bertz CT molecular complexity index is 826. The van der Waals surface area contributed by atoms with Crippen molar-refractivity contribution >= 4 is 17.5 Å². The number of hydrogen-bond acceptors (Lipinski definition) is 6. The maximum absolute atomic E-state index is 9.12. The average Bonchev–Trinajstić information content (AvgIpc) is 2.62. The summed E-state index contributed by atoms with van der Waals surface area (Å²) in [6.07, 6.45) is 5.19. The van der Waals surface area contributed by atoms with Gasteiger partial charge in [-0.3, -0.25) is 4.98 Å². The largest absolute Gasteiger partial charge is 0.350 e. The molecule has 0 aliphatic heterocycles. The molecule has 2 heterocycles. The monoisotopic (exact) mass is 302 g/mol. The van der Waals surface area contributed by atoms with Crippen LogP contribution >= 0.6 is 0 Å². The highest BCUT2D eigenvalue weighted by atomic mass is 15.1. The van der Waals surface area contributed by atoms with E-state index in [1.165, 1.54) is 0 Å². The molecule has 2 aromatic heterocycles. The van der Waals surface area contributed by atoms with Crippen molar-refractivity contribution in [2.45, 2.75) is 6.54 Å². The molecule has 3 aromatic rings. The van der Waals surface area contributed by atoms with Gasteiger partial charge in [-0.2, -0.15) is 10.2 Å². The first-order valence-corrected chi connectivity index (χ1v) is 7.07. The van der Waals surface area contributed by atoms with Gasteiger partial charge >= 0.3 is 0 Å². The third-order valence-corrected chi connectivity index (χ3v) is 3.14. The predicted molar refractivity (Wildman–Crippen MR) is 88.0 cm³/mol. The summed E-state index contributed by atoms with van der Waals surface area (Å²) in [5.74, 6) is 1.13. The first-order chi connectivity index (χ1) is 11.3. The van der Waals surface area contributed by atoms with E-state index < -0.39 is 0 Å². The van der Waals surface area contributed by atoms with E-state index in [1.54, 1.807) is 30.7 Å². The zero-order valence-electron chi connectivity index (χ0n) is 12.3. The molecule has 0 aliphatic carbocycles. The number of benzene rings is 1. The first kappa shape index (κ1) is 14.5. The molecule has 6 nitrogen and oxygen atoms in total. The summed E-state index contributed by atoms with van der Waals surface area (Å²) in [5, 5.41) is 15.4. The maximum Gasteiger partial charge on any atom is 0.224 e. The van der Waals surface area contributed by atoms with Crippen molar-refractivity contribution in [2.24, 2.45) is 0 Å². The number of hydrogen-bond donors (Lipinski definition) is 2. The zero-order valence-corrected chi connectivity index (χ0v) is 12.3. The van der Waals surface area contributed by atoms with Gasteiger partial charge in [-0.1, -0.05) is 18.2 Å². The second-order valence-electron chi connectivity index (χ2n) is 4.76. The van der Waals surface area contributed by atoms with Gasteiger partial charge < -0.3 is 10.6 Å². The molecule has 0 fully saturated rings. The maximum atomic E-state index is 9.12. The van der Waals surface area contributed by atoms with E-state index in [2.05, 4.69) is 31.7 Å². The molecule has 0 unspecified atom stereocenters. The molecule has 3 rings (SSSR count). The number of pyridine rings is 1. The van der Waals surface area contributed by atoms with Crippen LogP contribution < -0.4 is 10.6 Å². The molecule has 0 saturated carbocycles. The lowest BCUT2D eigenvalue weighted by atomic mass is 10.2. The van der Waals surface area contributed by atoms with E-state index in [4.69, 9.17) is 5.26 Å². The minimum absolute atomic E-state index is 0.508. The van der Waals surface area contributed by atoms with Gasteiger partial charge in [0, 0.05) is 25.1 Å². The normalized spacial score (nSPS) is 9.87. The number of nitrogens with zero attached hydrogens (tertiary/aromatic N) is 4. The third kappa shape index (κ3) is 3.80. The Hall–Kier alpha value is -3.46. The average molecular weight is 302 g/mol. The lowest BCUT2D eigenvalue weighted by Crippen LogP contribution is -2.05. The molecule has 112 valence electrons. The van der Waals surface area contributed by atoms with Gasteiger partial charge in [-0.05, 0) is 29.8 Å². The molecule has 0 amide bonds. The molecule has 0 aliphatic rings. The summed E-state index contributed by atoms with van der Waals surface area (Å²) in [7, 11) is 0. The van der Waals surface area contributed by atoms with Crippen LogP contribution in [0, 0.1) is 11.3 Å². The summed E-state index contributed by atoms with van der Waals surface area (Å²) in [6, 6.07) is 15.0. The standard InChI is InChI=1S/C17H14N6/c18-10-14-5-1-2-6-15(14)22-16-7-9-20-17(23-16)21-12-13-4-3-8-19-11-13/h1-9,11H,12H2,(H2,20,21,22,23). The Balaban J connectivity index is 1.71. The van der Waals surface area contributed by atoms with Crippen LogP contribution in [0.3, 0.4) is 0 Å². The van der Waals surface area contributed by atoms with Gasteiger partial charge in [-0.15, -0.1) is 0 Å². The number of nitrogens with one attached hydrogen (secondary N) is 2. The molecule has 0 bridgehead atoms. The Kier molecular flexibility index (Phi) is 4.41. The van der Waals surface area contributed by atoms with Gasteiger partial charge in [0.15, 0.2) is 0 Å². The summed E-state index contributed by atoms with van der Waals surface area (Å²) in [4.78, 5) is 12.7. The van der Waals surface area contributed by atoms with Gasteiger partial charge in [0.1, 0.15) is 11.9 Å². The Morgan fingerprint density at radius 3 is 2.78 bits per heavy atom. The SMILES string of the molecule is N#Cc1ccccc1Nc1ccnc(NCc2cccnc2)n1. The second-order valence-corrected chi connectivity index (χ2v) is 4.76. The fraction of sp³-hybridized carbons (Fsp3) is 0.0588. The molecule has 6 heteroatoms. The highest BCUT2D eigenvalue weighted by Gasteiger charge is 2.03. The number of aromatic nitrogens is 3. The molecule has 1 aromatic carbocycles. The molecule has 0 radical (unpaired) electrons. The Labute approximate surface area is 133 Å². The van der Waals surface area contributed by atoms with E-state index >= 15 is 0 Å². The van der Waals surface area contributed by atoms with Crippen LogP contribution in [0.5, 0.6) is 0 Å². The van der Waals surface area contributed by atoms with Crippen LogP contribution in [0.2, 0.25) is 0 Å². The van der Waals surface area contributed by atoms with Crippen LogP contribution in [0.15, 0.2) is 61.1 Å². The summed E-state index contributed by atoms with van der Waals surface area (Å²) < 4.78 is 0. The van der Waals surface area contributed by atoms with Crippen molar-refractivity contribution in [3.63, 3.8) is 0 Å². The summed E-state index contributed by atoms with van der Waals surface area (Å²) in [5.41, 5.74) is 2.33. The van der Waals surface area contributed by atoms with Gasteiger partial charge in [-0.25, -0.2) is 4.98 Å². The van der Waals surface area contributed by atoms with Crippen LogP contribution in [0.4, 0.5) is 17.5 Å². The van der Waals surface area contributed by atoms with Crippen molar-refractivity contribution < 1.29 is 0 Å². The molecular weight excluding hydrogens is 288 g/mol. The fourth-order valence-corrected chi connectivity index (χ4v) is 2.02. The highest BCUT2D eigenvalue weighted by molar-refractivity contribution is 5.64. The molecule has 2 N–H and O–H groups in total. The van der Waals surface area contributed by atoms with E-state index in [-0.39, 0.29) is 0 Å². The Morgan fingerprint density at radius 2 is 1.96 bits per heavy atom. The van der Waals surface area contributed by atoms with Crippen molar-refractivity contribution in [2.75, 3.05) is 10.6 Å².